The van der Waals surface area contributed by atoms with E-state index in [1.807, 2.05) is 11.8 Å². The van der Waals surface area contributed by atoms with Gasteiger partial charge in [-0.2, -0.15) is 0 Å². The lowest BCUT2D eigenvalue weighted by Crippen LogP contribution is -2.36. The molecule has 0 radical (unpaired) electrons. The van der Waals surface area contributed by atoms with E-state index in [1.165, 1.54) is 48.3 Å². The zero-order valence-electron chi connectivity index (χ0n) is 11.6. The molecule has 2 heteroatoms. The number of benzene rings is 1. The van der Waals surface area contributed by atoms with Gasteiger partial charge in [-0.3, -0.25) is 0 Å². The Kier molecular flexibility index (Phi) is 5.58. The Labute approximate surface area is 116 Å². The van der Waals surface area contributed by atoms with Crippen LogP contribution in [-0.4, -0.2) is 18.8 Å². The number of aryl methyl sites for hydroxylation is 1. The zero-order valence-corrected chi connectivity index (χ0v) is 12.4. The van der Waals surface area contributed by atoms with Gasteiger partial charge < -0.3 is 5.32 Å². The van der Waals surface area contributed by atoms with Crippen LogP contribution >= 0.6 is 11.8 Å². The highest BCUT2D eigenvalue weighted by Crippen LogP contribution is 2.29. The van der Waals surface area contributed by atoms with Gasteiger partial charge in [-0.25, -0.2) is 0 Å². The third kappa shape index (κ3) is 4.03. The molecule has 1 nitrogen and oxygen atoms in total. The fraction of sp³-hybridized carbons (Fsp3) is 0.625. The Morgan fingerprint density at radius 2 is 2.06 bits per heavy atom. The van der Waals surface area contributed by atoms with Crippen LogP contribution in [0.25, 0.3) is 0 Å². The Balaban J connectivity index is 1.86. The summed E-state index contributed by atoms with van der Waals surface area (Å²) in [5.74, 6) is 2.09. The molecular weight excluding hydrogens is 238 g/mol. The molecule has 1 fully saturated rings. The normalized spacial score (nSPS) is 18.8. The molecule has 18 heavy (non-hydrogen) atoms. The fourth-order valence-electron chi connectivity index (χ4n) is 2.88. The van der Waals surface area contributed by atoms with Crippen LogP contribution in [0.3, 0.4) is 0 Å². The summed E-state index contributed by atoms with van der Waals surface area (Å²) in [6, 6.07) is 9.52. The molecule has 0 amide bonds. The molecule has 1 N–H and O–H groups in total. The molecule has 0 saturated heterocycles. The van der Waals surface area contributed by atoms with Crippen molar-refractivity contribution >= 4 is 11.8 Å². The summed E-state index contributed by atoms with van der Waals surface area (Å²) in [6.45, 7) is 2.17. The van der Waals surface area contributed by atoms with E-state index in [4.69, 9.17) is 0 Å². The van der Waals surface area contributed by atoms with Crippen molar-refractivity contribution in [1.29, 1.82) is 0 Å². The third-order valence-electron chi connectivity index (χ3n) is 4.01. The minimum atomic E-state index is 0.677. The highest BCUT2D eigenvalue weighted by Gasteiger charge is 2.22. The zero-order chi connectivity index (χ0) is 12.8. The summed E-state index contributed by atoms with van der Waals surface area (Å²) in [6.07, 6.45) is 7.13. The van der Waals surface area contributed by atoms with Crippen molar-refractivity contribution in [2.24, 2.45) is 5.92 Å². The first-order valence-electron chi connectivity index (χ1n) is 7.16. The second-order valence-electron chi connectivity index (χ2n) is 5.42. The minimum absolute atomic E-state index is 0.677. The largest absolute Gasteiger partial charge is 0.316 e. The van der Waals surface area contributed by atoms with Crippen LogP contribution in [0.15, 0.2) is 29.2 Å². The highest BCUT2D eigenvalue weighted by atomic mass is 32.2. The topological polar surface area (TPSA) is 12.0 Å². The predicted molar refractivity (Wildman–Crippen MR) is 81.3 cm³/mol. The van der Waals surface area contributed by atoms with Crippen LogP contribution < -0.4 is 5.32 Å². The maximum Gasteiger partial charge on any atom is 0.0186 e. The Morgan fingerprint density at radius 1 is 1.28 bits per heavy atom. The van der Waals surface area contributed by atoms with Crippen LogP contribution in [0.1, 0.15) is 37.7 Å². The quantitative estimate of drug-likeness (QED) is 0.797. The molecule has 1 aromatic carbocycles. The van der Waals surface area contributed by atoms with Crippen molar-refractivity contribution in [3.05, 3.63) is 29.8 Å². The molecule has 1 atom stereocenters. The van der Waals surface area contributed by atoms with Crippen LogP contribution in [0.4, 0.5) is 0 Å². The van der Waals surface area contributed by atoms with E-state index < -0.39 is 0 Å². The summed E-state index contributed by atoms with van der Waals surface area (Å²) in [4.78, 5) is 1.41. The van der Waals surface area contributed by atoms with E-state index in [-0.39, 0.29) is 0 Å². The molecular formula is C16H25NS. The molecule has 2 rings (SSSR count). The molecule has 0 heterocycles. The minimum Gasteiger partial charge on any atom is -0.316 e. The third-order valence-corrected chi connectivity index (χ3v) is 5.12. The van der Waals surface area contributed by atoms with Gasteiger partial charge in [0.05, 0.1) is 0 Å². The first-order chi connectivity index (χ1) is 8.79. The number of rotatable bonds is 5. The number of nitrogens with one attached hydrogen (secondary N) is 1. The van der Waals surface area contributed by atoms with E-state index >= 15 is 0 Å². The standard InChI is InChI=1S/C16H25NS/c1-13-7-6-10-15(11-13)18-12-16(17-2)14-8-4-3-5-9-14/h6-7,10-11,14,16-17H,3-5,8-9,12H2,1-2H3. The van der Waals surface area contributed by atoms with E-state index in [0.29, 0.717) is 6.04 Å². The molecule has 0 aliphatic heterocycles. The summed E-state index contributed by atoms with van der Waals surface area (Å²) < 4.78 is 0. The summed E-state index contributed by atoms with van der Waals surface area (Å²) in [5, 5.41) is 3.54. The van der Waals surface area contributed by atoms with Crippen molar-refractivity contribution in [3.8, 4) is 0 Å². The average Bonchev–Trinajstić information content (AvgIpc) is 2.41. The SMILES string of the molecule is CNC(CSc1cccc(C)c1)C1CCCCC1. The van der Waals surface area contributed by atoms with E-state index in [0.717, 1.165) is 5.92 Å². The average molecular weight is 263 g/mol. The number of thioether (sulfide) groups is 1. The summed E-state index contributed by atoms with van der Waals surface area (Å²) in [5.41, 5.74) is 1.36. The lowest BCUT2D eigenvalue weighted by atomic mass is 9.84. The van der Waals surface area contributed by atoms with Crippen molar-refractivity contribution < 1.29 is 0 Å². The van der Waals surface area contributed by atoms with Gasteiger partial charge in [-0.05, 0) is 44.9 Å². The second kappa shape index (κ2) is 7.20. The van der Waals surface area contributed by atoms with Gasteiger partial charge in [0.2, 0.25) is 0 Å². The molecule has 1 unspecified atom stereocenters. The van der Waals surface area contributed by atoms with Crippen molar-refractivity contribution in [3.63, 3.8) is 0 Å². The molecule has 1 aliphatic rings. The van der Waals surface area contributed by atoms with Crippen molar-refractivity contribution in [2.75, 3.05) is 12.8 Å². The monoisotopic (exact) mass is 263 g/mol. The maximum atomic E-state index is 3.54. The van der Waals surface area contributed by atoms with E-state index in [9.17, 15) is 0 Å². The molecule has 100 valence electrons. The van der Waals surface area contributed by atoms with Gasteiger partial charge >= 0.3 is 0 Å². The first-order valence-corrected chi connectivity index (χ1v) is 8.15. The second-order valence-corrected chi connectivity index (χ2v) is 6.51. The van der Waals surface area contributed by atoms with E-state index in [1.54, 1.807) is 0 Å². The molecule has 1 aliphatic carbocycles. The summed E-state index contributed by atoms with van der Waals surface area (Å²) in [7, 11) is 2.12. The summed E-state index contributed by atoms with van der Waals surface area (Å²) >= 11 is 2.00. The van der Waals surface area contributed by atoms with Gasteiger partial charge in [0.15, 0.2) is 0 Å². The van der Waals surface area contributed by atoms with Gasteiger partial charge in [0, 0.05) is 16.7 Å². The van der Waals surface area contributed by atoms with Gasteiger partial charge in [-0.1, -0.05) is 37.0 Å². The van der Waals surface area contributed by atoms with Crippen LogP contribution in [0, 0.1) is 12.8 Å². The van der Waals surface area contributed by atoms with Crippen molar-refractivity contribution in [1.82, 2.24) is 5.32 Å². The molecule has 1 aromatic rings. The molecule has 0 aromatic heterocycles. The Morgan fingerprint density at radius 3 is 2.72 bits per heavy atom. The lowest BCUT2D eigenvalue weighted by Gasteiger charge is -2.29. The fourth-order valence-corrected chi connectivity index (χ4v) is 4.14. The van der Waals surface area contributed by atoms with Crippen LogP contribution in [0.5, 0.6) is 0 Å². The molecule has 1 saturated carbocycles. The van der Waals surface area contributed by atoms with Crippen LogP contribution in [-0.2, 0) is 0 Å². The lowest BCUT2D eigenvalue weighted by molar-refractivity contribution is 0.294. The first kappa shape index (κ1) is 14.0. The van der Waals surface area contributed by atoms with Gasteiger partial charge in [0.25, 0.3) is 0 Å². The smallest absolute Gasteiger partial charge is 0.0186 e. The van der Waals surface area contributed by atoms with Crippen LogP contribution in [0.2, 0.25) is 0 Å². The van der Waals surface area contributed by atoms with Gasteiger partial charge in [0.1, 0.15) is 0 Å². The molecule has 0 bridgehead atoms. The maximum absolute atomic E-state index is 3.54. The predicted octanol–water partition coefficient (Wildman–Crippen LogP) is 4.26. The van der Waals surface area contributed by atoms with Crippen molar-refractivity contribution in [2.45, 2.75) is 50.0 Å². The Hall–Kier alpha value is -0.470. The highest BCUT2D eigenvalue weighted by molar-refractivity contribution is 7.99. The number of hydrogen-bond donors (Lipinski definition) is 1. The van der Waals surface area contributed by atoms with E-state index in [2.05, 4.69) is 43.6 Å². The molecule has 0 spiro atoms. The van der Waals surface area contributed by atoms with Gasteiger partial charge in [-0.15, -0.1) is 11.8 Å². The Bertz CT molecular complexity index is 358. The number of hydrogen-bond acceptors (Lipinski definition) is 2.